The van der Waals surface area contributed by atoms with E-state index >= 15 is 0 Å². The summed E-state index contributed by atoms with van der Waals surface area (Å²) in [7, 11) is 0. The Morgan fingerprint density at radius 3 is 2.78 bits per heavy atom. The Morgan fingerprint density at radius 1 is 1.26 bits per heavy atom. The Bertz CT molecular complexity index is 934. The van der Waals surface area contributed by atoms with Crippen LogP contribution in [-0.4, -0.2) is 23.5 Å². The molecule has 140 valence electrons. The highest BCUT2D eigenvalue weighted by Crippen LogP contribution is 2.27. The first-order valence-electron chi connectivity index (χ1n) is 8.28. The van der Waals surface area contributed by atoms with Gasteiger partial charge in [0.1, 0.15) is 4.88 Å². The lowest BCUT2D eigenvalue weighted by atomic mass is 10.3. The average molecular weight is 402 g/mol. The van der Waals surface area contributed by atoms with Gasteiger partial charge >= 0.3 is 5.97 Å². The lowest BCUT2D eigenvalue weighted by Crippen LogP contribution is -2.12. The van der Waals surface area contributed by atoms with Gasteiger partial charge in [-0.3, -0.25) is 10.1 Å². The molecule has 0 aliphatic carbocycles. The summed E-state index contributed by atoms with van der Waals surface area (Å²) in [5, 5.41) is 3.03. The maximum absolute atomic E-state index is 12.6. The number of aryl methyl sites for hydroxylation is 1. The Kier molecular flexibility index (Phi) is 6.31. The standard InChI is InChI=1S/C19H18N2O4S2/c1-3-24-18(23)16-12(2)20-19(27-16)21-17(22)15-13(9-10-25-15)11-26-14-7-5-4-6-8-14/h4-10H,3,11H2,1-2H3,(H,20,21,22). The first-order valence-corrected chi connectivity index (χ1v) is 10.1. The smallest absolute Gasteiger partial charge is 0.350 e. The number of rotatable bonds is 7. The van der Waals surface area contributed by atoms with Gasteiger partial charge in [0.2, 0.25) is 0 Å². The van der Waals surface area contributed by atoms with Crippen molar-refractivity contribution in [3.05, 3.63) is 64.6 Å². The summed E-state index contributed by atoms with van der Waals surface area (Å²) in [5.41, 5.74) is 1.31. The Hall–Kier alpha value is -2.58. The van der Waals surface area contributed by atoms with Crippen LogP contribution in [0.1, 0.15) is 38.4 Å². The maximum atomic E-state index is 12.6. The lowest BCUT2D eigenvalue weighted by molar-refractivity contribution is 0.0531. The van der Waals surface area contributed by atoms with Gasteiger partial charge in [-0.25, -0.2) is 9.78 Å². The van der Waals surface area contributed by atoms with E-state index in [0.29, 0.717) is 21.5 Å². The number of thiazole rings is 1. The van der Waals surface area contributed by atoms with Crippen LogP contribution in [0, 0.1) is 6.92 Å². The van der Waals surface area contributed by atoms with Gasteiger partial charge in [-0.05, 0) is 32.0 Å². The second-order valence-corrected chi connectivity index (χ2v) is 7.53. The molecule has 1 aromatic carbocycles. The number of anilines is 1. The van der Waals surface area contributed by atoms with Gasteiger partial charge in [0, 0.05) is 16.2 Å². The minimum atomic E-state index is -0.439. The molecule has 0 aliphatic rings. The summed E-state index contributed by atoms with van der Waals surface area (Å²) in [6.45, 7) is 3.72. The number of ether oxygens (including phenoxy) is 1. The highest BCUT2D eigenvalue weighted by molar-refractivity contribution is 7.98. The van der Waals surface area contributed by atoms with Gasteiger partial charge in [-0.15, -0.1) is 11.8 Å². The molecule has 0 saturated carbocycles. The molecule has 6 nitrogen and oxygen atoms in total. The van der Waals surface area contributed by atoms with Gasteiger partial charge < -0.3 is 9.15 Å². The Balaban J connectivity index is 1.68. The molecular weight excluding hydrogens is 384 g/mol. The summed E-state index contributed by atoms with van der Waals surface area (Å²) in [5.74, 6) is 0.0107. The molecule has 1 amide bonds. The van der Waals surface area contributed by atoms with Gasteiger partial charge in [-0.1, -0.05) is 29.5 Å². The molecule has 27 heavy (non-hydrogen) atoms. The molecule has 8 heteroatoms. The topological polar surface area (TPSA) is 81.4 Å². The van der Waals surface area contributed by atoms with E-state index in [9.17, 15) is 9.59 Å². The highest BCUT2D eigenvalue weighted by Gasteiger charge is 2.20. The van der Waals surface area contributed by atoms with Crippen molar-refractivity contribution in [2.24, 2.45) is 0 Å². The quantitative estimate of drug-likeness (QED) is 0.453. The maximum Gasteiger partial charge on any atom is 0.350 e. The molecule has 1 N–H and O–H groups in total. The molecule has 0 fully saturated rings. The summed E-state index contributed by atoms with van der Waals surface area (Å²) in [4.78, 5) is 30.2. The number of nitrogens with zero attached hydrogens (tertiary/aromatic N) is 1. The fourth-order valence-corrected chi connectivity index (χ4v) is 4.07. The van der Waals surface area contributed by atoms with Crippen molar-refractivity contribution in [1.82, 2.24) is 4.98 Å². The zero-order valence-electron chi connectivity index (χ0n) is 14.9. The first-order chi connectivity index (χ1) is 13.1. The van der Waals surface area contributed by atoms with E-state index in [1.54, 1.807) is 31.7 Å². The highest BCUT2D eigenvalue weighted by atomic mass is 32.2. The van der Waals surface area contributed by atoms with Crippen LogP contribution in [-0.2, 0) is 10.5 Å². The van der Waals surface area contributed by atoms with Crippen LogP contribution in [0.15, 0.2) is 52.0 Å². The number of thioether (sulfide) groups is 1. The monoisotopic (exact) mass is 402 g/mol. The molecule has 3 aromatic rings. The summed E-state index contributed by atoms with van der Waals surface area (Å²) >= 11 is 2.70. The van der Waals surface area contributed by atoms with Crippen molar-refractivity contribution >= 4 is 40.1 Å². The van der Waals surface area contributed by atoms with Crippen molar-refractivity contribution in [2.75, 3.05) is 11.9 Å². The molecule has 2 aromatic heterocycles. The van der Waals surface area contributed by atoms with E-state index in [2.05, 4.69) is 10.3 Å². The number of hydrogen-bond acceptors (Lipinski definition) is 7. The van der Waals surface area contributed by atoms with Gasteiger partial charge in [0.05, 0.1) is 18.6 Å². The van der Waals surface area contributed by atoms with Crippen molar-refractivity contribution in [3.63, 3.8) is 0 Å². The van der Waals surface area contributed by atoms with E-state index < -0.39 is 11.9 Å². The fourth-order valence-electron chi connectivity index (χ4n) is 2.32. The van der Waals surface area contributed by atoms with Crippen LogP contribution in [0.5, 0.6) is 0 Å². The molecule has 0 unspecified atom stereocenters. The second-order valence-electron chi connectivity index (χ2n) is 5.48. The zero-order valence-corrected chi connectivity index (χ0v) is 16.5. The largest absolute Gasteiger partial charge is 0.462 e. The van der Waals surface area contributed by atoms with Gasteiger partial charge in [-0.2, -0.15) is 0 Å². The summed E-state index contributed by atoms with van der Waals surface area (Å²) in [6.07, 6.45) is 1.49. The van der Waals surface area contributed by atoms with Crippen molar-refractivity contribution in [1.29, 1.82) is 0 Å². The number of aromatic nitrogens is 1. The van der Waals surface area contributed by atoms with Crippen LogP contribution in [0.3, 0.4) is 0 Å². The predicted octanol–water partition coefficient (Wildman–Crippen LogP) is 4.77. The number of nitrogens with one attached hydrogen (secondary N) is 1. The van der Waals surface area contributed by atoms with Crippen LogP contribution in [0.4, 0.5) is 5.13 Å². The molecule has 0 radical (unpaired) electrons. The number of amides is 1. The van der Waals surface area contributed by atoms with E-state index in [1.165, 1.54) is 6.26 Å². The molecule has 0 aliphatic heterocycles. The number of carbonyl (C=O) groups excluding carboxylic acids is 2. The number of benzene rings is 1. The van der Waals surface area contributed by atoms with Crippen molar-refractivity contribution in [3.8, 4) is 0 Å². The third kappa shape index (κ3) is 4.78. The third-order valence-electron chi connectivity index (χ3n) is 3.57. The number of esters is 1. The molecule has 0 bridgehead atoms. The van der Waals surface area contributed by atoms with E-state index in [0.717, 1.165) is 21.8 Å². The molecular formula is C19H18N2O4S2. The van der Waals surface area contributed by atoms with Crippen LogP contribution in [0.2, 0.25) is 0 Å². The third-order valence-corrected chi connectivity index (χ3v) is 5.68. The second kappa shape index (κ2) is 8.88. The normalized spacial score (nSPS) is 10.6. The summed E-state index contributed by atoms with van der Waals surface area (Å²) < 4.78 is 10.4. The van der Waals surface area contributed by atoms with Crippen molar-refractivity contribution in [2.45, 2.75) is 24.5 Å². The number of furan rings is 1. The molecule has 0 spiro atoms. The number of hydrogen-bond donors (Lipinski definition) is 1. The molecule has 0 atom stereocenters. The van der Waals surface area contributed by atoms with E-state index in [1.807, 2.05) is 30.3 Å². The Morgan fingerprint density at radius 2 is 2.04 bits per heavy atom. The van der Waals surface area contributed by atoms with E-state index in [-0.39, 0.29) is 12.4 Å². The minimum absolute atomic E-state index is 0.240. The lowest BCUT2D eigenvalue weighted by Gasteiger charge is -2.03. The van der Waals surface area contributed by atoms with Crippen LogP contribution in [0.25, 0.3) is 0 Å². The predicted molar refractivity (Wildman–Crippen MR) is 105 cm³/mol. The van der Waals surface area contributed by atoms with Crippen LogP contribution < -0.4 is 5.32 Å². The molecule has 2 heterocycles. The zero-order chi connectivity index (χ0) is 19.2. The SMILES string of the molecule is CCOC(=O)c1sc(NC(=O)c2occc2CSc2ccccc2)nc1C. The first kappa shape index (κ1) is 19.2. The van der Waals surface area contributed by atoms with Gasteiger partial charge in [0.25, 0.3) is 5.91 Å². The average Bonchev–Trinajstić information content (AvgIpc) is 3.27. The van der Waals surface area contributed by atoms with Gasteiger partial charge in [0.15, 0.2) is 10.9 Å². The molecule has 3 rings (SSSR count). The fraction of sp³-hybridized carbons (Fsp3) is 0.211. The summed E-state index contributed by atoms with van der Waals surface area (Å²) in [6, 6.07) is 11.7. The molecule has 0 saturated heterocycles. The Labute approximate surface area is 164 Å². The number of carbonyl (C=O) groups is 2. The minimum Gasteiger partial charge on any atom is -0.462 e. The van der Waals surface area contributed by atoms with Crippen molar-refractivity contribution < 1.29 is 18.7 Å². The van der Waals surface area contributed by atoms with Crippen LogP contribution >= 0.6 is 23.1 Å². The van der Waals surface area contributed by atoms with E-state index in [4.69, 9.17) is 9.15 Å².